The van der Waals surface area contributed by atoms with Crippen molar-refractivity contribution in [2.75, 3.05) is 5.32 Å². The average Bonchev–Trinajstić information content (AvgIpc) is 2.54. The molecule has 0 aliphatic heterocycles. The highest BCUT2D eigenvalue weighted by atomic mass is 32.1. The van der Waals surface area contributed by atoms with Crippen molar-refractivity contribution in [1.29, 1.82) is 0 Å². The molecule has 23 heavy (non-hydrogen) atoms. The molecule has 0 fully saturated rings. The Hall–Kier alpha value is -2.20. The van der Waals surface area contributed by atoms with Crippen molar-refractivity contribution >= 4 is 28.7 Å². The van der Waals surface area contributed by atoms with Gasteiger partial charge in [0.15, 0.2) is 5.11 Å². The minimum atomic E-state index is 0.0327. The highest BCUT2D eigenvalue weighted by Crippen LogP contribution is 2.27. The number of nitrogens with zero attached hydrogens (tertiary/aromatic N) is 1. The van der Waals surface area contributed by atoms with E-state index in [-0.39, 0.29) is 5.41 Å². The lowest BCUT2D eigenvalue weighted by molar-refractivity contribution is 0.547. The summed E-state index contributed by atoms with van der Waals surface area (Å²) in [5.74, 6) is 0. The number of nitrogens with one attached hydrogen (secondary N) is 2. The van der Waals surface area contributed by atoms with Crippen LogP contribution in [0.3, 0.4) is 0 Å². The minimum Gasteiger partial charge on any atom is -0.331 e. The second-order valence-electron chi connectivity index (χ2n) is 6.21. The molecule has 0 bridgehead atoms. The quantitative estimate of drug-likeness (QED) is 0.474. The predicted octanol–water partition coefficient (Wildman–Crippen LogP) is 4.72. The van der Waals surface area contributed by atoms with E-state index in [1.165, 1.54) is 5.56 Å². The molecule has 0 spiro atoms. The van der Waals surface area contributed by atoms with Crippen LogP contribution in [0.5, 0.6) is 0 Å². The molecule has 0 saturated heterocycles. The zero-order valence-corrected chi connectivity index (χ0v) is 14.7. The van der Waals surface area contributed by atoms with E-state index in [1.54, 1.807) is 0 Å². The number of para-hydroxylation sites is 1. The van der Waals surface area contributed by atoms with Gasteiger partial charge in [0.1, 0.15) is 0 Å². The van der Waals surface area contributed by atoms with Crippen molar-refractivity contribution in [3.8, 4) is 0 Å². The van der Waals surface area contributed by atoms with E-state index in [2.05, 4.69) is 54.0 Å². The van der Waals surface area contributed by atoms with E-state index in [4.69, 9.17) is 12.2 Å². The molecule has 4 heteroatoms. The fraction of sp³-hybridized carbons (Fsp3) is 0.263. The fourth-order valence-corrected chi connectivity index (χ4v) is 2.66. The summed E-state index contributed by atoms with van der Waals surface area (Å²) >= 11 is 5.26. The Balaban J connectivity index is 1.91. The Morgan fingerprint density at radius 3 is 2.17 bits per heavy atom. The molecule has 2 N–H and O–H groups in total. The molecule has 0 radical (unpaired) electrons. The largest absolute Gasteiger partial charge is 0.331 e. The molecule has 0 atom stereocenters. The molecule has 2 rings (SSSR count). The molecule has 0 aliphatic rings. The molecule has 3 nitrogen and oxygen atoms in total. The molecular formula is C19H23N3S. The predicted molar refractivity (Wildman–Crippen MR) is 103 cm³/mol. The second kappa shape index (κ2) is 7.88. The lowest BCUT2D eigenvalue weighted by Gasteiger charge is -2.25. The zero-order chi connectivity index (χ0) is 16.7. The van der Waals surface area contributed by atoms with Gasteiger partial charge < -0.3 is 5.32 Å². The van der Waals surface area contributed by atoms with Crippen LogP contribution < -0.4 is 10.7 Å². The number of rotatable bonds is 5. The van der Waals surface area contributed by atoms with Crippen molar-refractivity contribution in [3.05, 3.63) is 66.2 Å². The van der Waals surface area contributed by atoms with E-state index in [1.807, 2.05) is 43.3 Å². The lowest BCUT2D eigenvalue weighted by atomic mass is 9.80. The monoisotopic (exact) mass is 325 g/mol. The zero-order valence-electron chi connectivity index (χ0n) is 13.8. The van der Waals surface area contributed by atoms with Gasteiger partial charge in [0.2, 0.25) is 0 Å². The van der Waals surface area contributed by atoms with Gasteiger partial charge in [0.05, 0.1) is 0 Å². The topological polar surface area (TPSA) is 36.4 Å². The van der Waals surface area contributed by atoms with Gasteiger partial charge in [0, 0.05) is 11.4 Å². The van der Waals surface area contributed by atoms with Crippen LogP contribution in [0.25, 0.3) is 0 Å². The van der Waals surface area contributed by atoms with Crippen LogP contribution in [-0.2, 0) is 5.41 Å². The van der Waals surface area contributed by atoms with Crippen LogP contribution in [0.1, 0.15) is 32.8 Å². The maximum atomic E-state index is 5.26. The van der Waals surface area contributed by atoms with Gasteiger partial charge in [-0.2, -0.15) is 5.10 Å². The summed E-state index contributed by atoms with van der Waals surface area (Å²) in [6.07, 6.45) is 0.859. The molecule has 2 aromatic carbocycles. The first kappa shape index (κ1) is 17.2. The first-order valence-electron chi connectivity index (χ1n) is 7.68. The fourth-order valence-electron chi connectivity index (χ4n) is 2.50. The van der Waals surface area contributed by atoms with E-state index in [0.717, 1.165) is 17.8 Å². The van der Waals surface area contributed by atoms with Crippen LogP contribution in [0, 0.1) is 0 Å². The molecule has 120 valence electrons. The first-order chi connectivity index (χ1) is 11.0. The van der Waals surface area contributed by atoms with Crippen molar-refractivity contribution in [3.63, 3.8) is 0 Å². The molecule has 0 aromatic heterocycles. The van der Waals surface area contributed by atoms with Crippen LogP contribution in [0.15, 0.2) is 65.8 Å². The summed E-state index contributed by atoms with van der Waals surface area (Å²) < 4.78 is 0. The smallest absolute Gasteiger partial charge is 0.191 e. The minimum absolute atomic E-state index is 0.0327. The standard InChI is InChI=1S/C19H23N3S/c1-15(14-19(2,3)16-10-6-4-7-11-16)21-22-18(23)20-17-12-8-5-9-13-17/h4-13H,14H2,1-3H3,(H2,20,22,23)/b21-15-. The van der Waals surface area contributed by atoms with Crippen LogP contribution in [-0.4, -0.2) is 10.8 Å². The molecule has 0 amide bonds. The number of benzene rings is 2. The third kappa shape index (κ3) is 5.49. The van der Waals surface area contributed by atoms with Crippen LogP contribution in [0.2, 0.25) is 0 Å². The molecule has 0 saturated carbocycles. The van der Waals surface area contributed by atoms with Gasteiger partial charge in [-0.05, 0) is 48.7 Å². The average molecular weight is 325 g/mol. The van der Waals surface area contributed by atoms with Crippen LogP contribution in [0.4, 0.5) is 5.69 Å². The number of hydrogen-bond acceptors (Lipinski definition) is 2. The number of thiocarbonyl (C=S) groups is 1. The maximum absolute atomic E-state index is 5.26. The van der Waals surface area contributed by atoms with Crippen LogP contribution >= 0.6 is 12.2 Å². The third-order valence-electron chi connectivity index (χ3n) is 3.63. The van der Waals surface area contributed by atoms with Crippen molar-refractivity contribution < 1.29 is 0 Å². The summed E-state index contributed by atoms with van der Waals surface area (Å²) in [7, 11) is 0. The number of hydrogen-bond donors (Lipinski definition) is 2. The molecular weight excluding hydrogens is 302 g/mol. The summed E-state index contributed by atoms with van der Waals surface area (Å²) in [6.45, 7) is 6.46. The highest BCUT2D eigenvalue weighted by Gasteiger charge is 2.21. The highest BCUT2D eigenvalue weighted by molar-refractivity contribution is 7.80. The van der Waals surface area contributed by atoms with E-state index < -0.39 is 0 Å². The van der Waals surface area contributed by atoms with Crippen molar-refractivity contribution in [1.82, 2.24) is 5.43 Å². The Kier molecular flexibility index (Phi) is 5.88. The van der Waals surface area contributed by atoms with E-state index in [9.17, 15) is 0 Å². The lowest BCUT2D eigenvalue weighted by Crippen LogP contribution is -2.27. The molecule has 0 aliphatic carbocycles. The van der Waals surface area contributed by atoms with E-state index >= 15 is 0 Å². The summed E-state index contributed by atoms with van der Waals surface area (Å²) in [4.78, 5) is 0. The third-order valence-corrected chi connectivity index (χ3v) is 3.83. The Morgan fingerprint density at radius 2 is 1.57 bits per heavy atom. The normalized spacial score (nSPS) is 11.9. The summed E-state index contributed by atoms with van der Waals surface area (Å²) in [5, 5.41) is 7.99. The maximum Gasteiger partial charge on any atom is 0.191 e. The number of hydrazone groups is 1. The summed E-state index contributed by atoms with van der Waals surface area (Å²) in [5.41, 5.74) is 6.21. The van der Waals surface area contributed by atoms with Gasteiger partial charge in [-0.25, -0.2) is 0 Å². The van der Waals surface area contributed by atoms with Crippen molar-refractivity contribution in [2.24, 2.45) is 5.10 Å². The molecule has 2 aromatic rings. The number of anilines is 1. The first-order valence-corrected chi connectivity index (χ1v) is 8.09. The van der Waals surface area contributed by atoms with Gasteiger partial charge in [-0.1, -0.05) is 62.4 Å². The Labute approximate surface area is 143 Å². The van der Waals surface area contributed by atoms with Gasteiger partial charge in [0.25, 0.3) is 0 Å². The SMILES string of the molecule is C/C(CC(C)(C)c1ccccc1)=N/NC(=S)Nc1ccccc1. The summed E-state index contributed by atoms with van der Waals surface area (Å²) in [6, 6.07) is 20.3. The van der Waals surface area contributed by atoms with E-state index in [0.29, 0.717) is 5.11 Å². The molecule has 0 unspecified atom stereocenters. The van der Waals surface area contributed by atoms with Gasteiger partial charge >= 0.3 is 0 Å². The van der Waals surface area contributed by atoms with Gasteiger partial charge in [-0.3, -0.25) is 5.43 Å². The van der Waals surface area contributed by atoms with Gasteiger partial charge in [-0.15, -0.1) is 0 Å². The van der Waals surface area contributed by atoms with Crippen molar-refractivity contribution in [2.45, 2.75) is 32.6 Å². The second-order valence-corrected chi connectivity index (χ2v) is 6.61. The Bertz CT molecular complexity index is 664. The Morgan fingerprint density at radius 1 is 1.00 bits per heavy atom. The molecule has 0 heterocycles.